The molecule has 24 heavy (non-hydrogen) atoms. The lowest BCUT2D eigenvalue weighted by Crippen LogP contribution is -2.43. The predicted molar refractivity (Wildman–Crippen MR) is 88.5 cm³/mol. The molecule has 8 nitrogen and oxygen atoms in total. The molecule has 0 aliphatic carbocycles. The van der Waals surface area contributed by atoms with Gasteiger partial charge in [-0.1, -0.05) is 0 Å². The molecule has 2 heterocycles. The standard InChI is InChI=1S/C16H28N4O4/c1-15(2,3)24-14(23)17-11-6-7-19(10-11)8-9-20-12(21)16(4,5)18-13(20)22/h11H,6-10H2,1-5H3,(H,17,23)(H,18,22)/t11-/m1/s1. The molecule has 0 unspecified atom stereocenters. The van der Waals surface area contributed by atoms with Crippen LogP contribution in [-0.2, 0) is 9.53 Å². The molecule has 0 radical (unpaired) electrons. The summed E-state index contributed by atoms with van der Waals surface area (Å²) >= 11 is 0. The molecule has 2 N–H and O–H groups in total. The molecule has 2 fully saturated rings. The zero-order chi connectivity index (χ0) is 18.1. The Morgan fingerprint density at radius 3 is 2.54 bits per heavy atom. The van der Waals surface area contributed by atoms with Crippen LogP contribution in [0.4, 0.5) is 9.59 Å². The second-order valence-electron chi connectivity index (χ2n) is 7.94. The van der Waals surface area contributed by atoms with E-state index in [1.807, 2.05) is 20.8 Å². The minimum absolute atomic E-state index is 0.0272. The van der Waals surface area contributed by atoms with Crippen LogP contribution in [0.25, 0.3) is 0 Å². The van der Waals surface area contributed by atoms with E-state index in [4.69, 9.17) is 4.74 Å². The topological polar surface area (TPSA) is 91.0 Å². The molecule has 2 aliphatic rings. The highest BCUT2D eigenvalue weighted by Gasteiger charge is 2.44. The van der Waals surface area contributed by atoms with E-state index in [1.165, 1.54) is 4.90 Å². The Kier molecular flexibility index (Phi) is 5.08. The molecular weight excluding hydrogens is 312 g/mol. The molecule has 4 amide bonds. The van der Waals surface area contributed by atoms with Crippen molar-refractivity contribution in [3.8, 4) is 0 Å². The molecule has 0 aromatic heterocycles. The fourth-order valence-electron chi connectivity index (χ4n) is 2.89. The highest BCUT2D eigenvalue weighted by molar-refractivity contribution is 6.06. The van der Waals surface area contributed by atoms with Gasteiger partial charge in [0.2, 0.25) is 0 Å². The van der Waals surface area contributed by atoms with Crippen molar-refractivity contribution in [3.05, 3.63) is 0 Å². The van der Waals surface area contributed by atoms with Crippen LogP contribution in [0.3, 0.4) is 0 Å². The molecule has 2 aliphatic heterocycles. The number of carbonyl (C=O) groups excluding carboxylic acids is 3. The quantitative estimate of drug-likeness (QED) is 0.743. The zero-order valence-electron chi connectivity index (χ0n) is 15.1. The maximum atomic E-state index is 12.1. The largest absolute Gasteiger partial charge is 0.444 e. The lowest BCUT2D eigenvalue weighted by atomic mass is 10.1. The fourth-order valence-corrected chi connectivity index (χ4v) is 2.89. The van der Waals surface area contributed by atoms with Crippen molar-refractivity contribution in [2.24, 2.45) is 0 Å². The molecular formula is C16H28N4O4. The SMILES string of the molecule is CC(C)(C)OC(=O)N[C@@H]1CCN(CCN2C(=O)NC(C)(C)C2=O)C1. The van der Waals surface area contributed by atoms with Gasteiger partial charge in [-0.3, -0.25) is 14.6 Å². The van der Waals surface area contributed by atoms with Crippen molar-refractivity contribution < 1.29 is 19.1 Å². The maximum Gasteiger partial charge on any atom is 0.407 e. The van der Waals surface area contributed by atoms with Crippen LogP contribution < -0.4 is 10.6 Å². The number of hydrogen-bond acceptors (Lipinski definition) is 5. The monoisotopic (exact) mass is 340 g/mol. The van der Waals surface area contributed by atoms with Crippen molar-refractivity contribution in [1.29, 1.82) is 0 Å². The second kappa shape index (κ2) is 6.58. The summed E-state index contributed by atoms with van der Waals surface area (Å²) in [7, 11) is 0. The Morgan fingerprint density at radius 2 is 2.00 bits per heavy atom. The number of rotatable bonds is 4. The Labute approximate surface area is 142 Å². The smallest absolute Gasteiger partial charge is 0.407 e. The van der Waals surface area contributed by atoms with Crippen LogP contribution in [0.1, 0.15) is 41.0 Å². The first-order valence-electron chi connectivity index (χ1n) is 8.34. The number of nitrogens with one attached hydrogen (secondary N) is 2. The molecule has 0 saturated carbocycles. The Bertz CT molecular complexity index is 527. The van der Waals surface area contributed by atoms with E-state index in [9.17, 15) is 14.4 Å². The number of urea groups is 1. The molecule has 2 saturated heterocycles. The van der Waals surface area contributed by atoms with E-state index in [-0.39, 0.29) is 18.0 Å². The lowest BCUT2D eigenvalue weighted by Gasteiger charge is -2.22. The summed E-state index contributed by atoms with van der Waals surface area (Å²) in [6, 6.07) is -0.313. The van der Waals surface area contributed by atoms with Crippen molar-refractivity contribution in [2.75, 3.05) is 26.2 Å². The summed E-state index contributed by atoms with van der Waals surface area (Å²) in [6.45, 7) is 11.3. The van der Waals surface area contributed by atoms with Crippen LogP contribution in [0.5, 0.6) is 0 Å². The van der Waals surface area contributed by atoms with Gasteiger partial charge in [0, 0.05) is 32.2 Å². The third-order valence-electron chi connectivity index (χ3n) is 4.08. The van der Waals surface area contributed by atoms with Gasteiger partial charge in [-0.05, 0) is 41.0 Å². The first-order chi connectivity index (χ1) is 11.0. The average Bonchev–Trinajstić information content (AvgIpc) is 2.89. The number of alkyl carbamates (subject to hydrolysis) is 1. The van der Waals surface area contributed by atoms with Crippen molar-refractivity contribution in [1.82, 2.24) is 20.4 Å². The van der Waals surface area contributed by atoms with Gasteiger partial charge in [-0.2, -0.15) is 0 Å². The van der Waals surface area contributed by atoms with Gasteiger partial charge in [-0.25, -0.2) is 9.59 Å². The van der Waals surface area contributed by atoms with Crippen LogP contribution in [0.15, 0.2) is 0 Å². The van der Waals surface area contributed by atoms with Crippen molar-refractivity contribution >= 4 is 18.0 Å². The molecule has 0 aromatic carbocycles. The van der Waals surface area contributed by atoms with E-state index in [2.05, 4.69) is 15.5 Å². The summed E-state index contributed by atoms with van der Waals surface area (Å²) in [6.07, 6.45) is 0.412. The first kappa shape index (κ1) is 18.5. The molecule has 8 heteroatoms. The average molecular weight is 340 g/mol. The van der Waals surface area contributed by atoms with E-state index in [1.54, 1.807) is 13.8 Å². The number of nitrogens with zero attached hydrogens (tertiary/aromatic N) is 2. The molecule has 0 aromatic rings. The Balaban J connectivity index is 1.76. The molecule has 0 spiro atoms. The van der Waals surface area contributed by atoms with Gasteiger partial charge in [-0.15, -0.1) is 0 Å². The minimum Gasteiger partial charge on any atom is -0.444 e. The third-order valence-corrected chi connectivity index (χ3v) is 4.08. The van der Waals surface area contributed by atoms with E-state index in [0.717, 1.165) is 13.0 Å². The number of ether oxygens (including phenoxy) is 1. The summed E-state index contributed by atoms with van der Waals surface area (Å²) < 4.78 is 5.25. The number of amides is 4. The molecule has 0 bridgehead atoms. The van der Waals surface area contributed by atoms with Gasteiger partial charge >= 0.3 is 12.1 Å². The van der Waals surface area contributed by atoms with E-state index in [0.29, 0.717) is 19.6 Å². The maximum absolute atomic E-state index is 12.1. The highest BCUT2D eigenvalue weighted by Crippen LogP contribution is 2.17. The zero-order valence-corrected chi connectivity index (χ0v) is 15.1. The van der Waals surface area contributed by atoms with Gasteiger partial charge in [0.25, 0.3) is 5.91 Å². The van der Waals surface area contributed by atoms with Crippen molar-refractivity contribution in [3.63, 3.8) is 0 Å². The normalized spacial score (nSPS) is 24.2. The predicted octanol–water partition coefficient (Wildman–Crippen LogP) is 0.916. The van der Waals surface area contributed by atoms with Crippen LogP contribution in [0.2, 0.25) is 0 Å². The number of carbonyl (C=O) groups is 3. The van der Waals surface area contributed by atoms with Gasteiger partial charge < -0.3 is 15.4 Å². The van der Waals surface area contributed by atoms with Crippen LogP contribution >= 0.6 is 0 Å². The van der Waals surface area contributed by atoms with E-state index < -0.39 is 17.2 Å². The van der Waals surface area contributed by atoms with Gasteiger partial charge in [0.15, 0.2) is 0 Å². The van der Waals surface area contributed by atoms with Gasteiger partial charge in [0.1, 0.15) is 11.1 Å². The number of imide groups is 1. The Hall–Kier alpha value is -1.83. The molecule has 1 atom stereocenters. The minimum atomic E-state index is -0.830. The summed E-state index contributed by atoms with van der Waals surface area (Å²) in [5.74, 6) is -0.199. The Morgan fingerprint density at radius 1 is 1.33 bits per heavy atom. The van der Waals surface area contributed by atoms with Gasteiger partial charge in [0.05, 0.1) is 0 Å². The lowest BCUT2D eigenvalue weighted by molar-refractivity contribution is -0.130. The second-order valence-corrected chi connectivity index (χ2v) is 7.94. The third kappa shape index (κ3) is 4.59. The van der Waals surface area contributed by atoms with Crippen molar-refractivity contribution in [2.45, 2.75) is 58.2 Å². The number of hydrogen-bond donors (Lipinski definition) is 2. The van der Waals surface area contributed by atoms with Crippen LogP contribution in [-0.4, -0.2) is 71.2 Å². The summed E-state index contributed by atoms with van der Waals surface area (Å²) in [5, 5.41) is 5.53. The highest BCUT2D eigenvalue weighted by atomic mass is 16.6. The summed E-state index contributed by atoms with van der Waals surface area (Å²) in [5.41, 5.74) is -1.35. The molecule has 136 valence electrons. The number of likely N-dealkylation sites (tertiary alicyclic amines) is 1. The fraction of sp³-hybridized carbons (Fsp3) is 0.812. The first-order valence-corrected chi connectivity index (χ1v) is 8.34. The van der Waals surface area contributed by atoms with Crippen LogP contribution in [0, 0.1) is 0 Å². The molecule has 2 rings (SSSR count). The summed E-state index contributed by atoms with van der Waals surface area (Å²) in [4.78, 5) is 39.2. The van der Waals surface area contributed by atoms with E-state index >= 15 is 0 Å².